The van der Waals surface area contributed by atoms with Crippen LogP contribution in [0, 0.1) is 5.82 Å². The van der Waals surface area contributed by atoms with E-state index in [1.165, 1.54) is 10.9 Å². The van der Waals surface area contributed by atoms with Gasteiger partial charge in [0.1, 0.15) is 6.10 Å². The van der Waals surface area contributed by atoms with E-state index in [4.69, 9.17) is 4.74 Å². The molecule has 0 saturated heterocycles. The van der Waals surface area contributed by atoms with Gasteiger partial charge in [0.15, 0.2) is 17.5 Å². The van der Waals surface area contributed by atoms with Gasteiger partial charge in [-0.3, -0.25) is 0 Å². The Morgan fingerprint density at radius 1 is 1.26 bits per heavy atom. The van der Waals surface area contributed by atoms with Gasteiger partial charge in [0.2, 0.25) is 0 Å². The summed E-state index contributed by atoms with van der Waals surface area (Å²) in [5.41, 5.74) is 0. The van der Waals surface area contributed by atoms with Gasteiger partial charge >= 0.3 is 0 Å². The molecule has 0 saturated carbocycles. The Morgan fingerprint density at radius 2 is 2.09 bits per heavy atom. The molecule has 0 fully saturated rings. The zero-order valence-corrected chi connectivity index (χ0v) is 14.2. The molecule has 124 valence electrons. The van der Waals surface area contributed by atoms with Crippen LogP contribution >= 0.6 is 11.3 Å². The second-order valence-electron chi connectivity index (χ2n) is 5.01. The lowest BCUT2D eigenvalue weighted by atomic mass is 10.3. The van der Waals surface area contributed by atoms with Crippen LogP contribution in [0.2, 0.25) is 0 Å². The highest BCUT2D eigenvalue weighted by atomic mass is 32.1. The molecule has 0 spiro atoms. The molecular weight excluding hydrogens is 313 g/mol. The molecule has 0 aliphatic rings. The van der Waals surface area contributed by atoms with E-state index in [1.54, 1.807) is 29.5 Å². The number of guanidine groups is 1. The number of benzene rings is 1. The SMILES string of the molecule is CCNC(=NCc1cccs1)NCC(C)Oc1ccccc1F. The van der Waals surface area contributed by atoms with Crippen molar-refractivity contribution in [1.29, 1.82) is 0 Å². The van der Waals surface area contributed by atoms with Gasteiger partial charge in [-0.05, 0) is 37.4 Å². The fourth-order valence-electron chi connectivity index (χ4n) is 1.94. The predicted octanol–water partition coefficient (Wildman–Crippen LogP) is 3.41. The maximum Gasteiger partial charge on any atom is 0.191 e. The summed E-state index contributed by atoms with van der Waals surface area (Å²) in [5.74, 6) is 0.643. The molecule has 1 unspecified atom stereocenters. The van der Waals surface area contributed by atoms with Crippen molar-refractivity contribution in [1.82, 2.24) is 10.6 Å². The largest absolute Gasteiger partial charge is 0.486 e. The maximum atomic E-state index is 13.6. The number of nitrogens with zero attached hydrogens (tertiary/aromatic N) is 1. The van der Waals surface area contributed by atoms with Gasteiger partial charge in [-0.2, -0.15) is 0 Å². The predicted molar refractivity (Wildman–Crippen MR) is 93.6 cm³/mol. The summed E-state index contributed by atoms with van der Waals surface area (Å²) in [6, 6.07) is 10.5. The minimum absolute atomic E-state index is 0.183. The second-order valence-corrected chi connectivity index (χ2v) is 6.05. The van der Waals surface area contributed by atoms with Gasteiger partial charge in [-0.1, -0.05) is 18.2 Å². The minimum Gasteiger partial charge on any atom is -0.486 e. The molecule has 0 bridgehead atoms. The molecule has 0 aliphatic carbocycles. The highest BCUT2D eigenvalue weighted by molar-refractivity contribution is 7.09. The molecule has 2 rings (SSSR count). The molecule has 1 aromatic carbocycles. The lowest BCUT2D eigenvalue weighted by Crippen LogP contribution is -2.41. The molecule has 1 aromatic heterocycles. The topological polar surface area (TPSA) is 45.7 Å². The van der Waals surface area contributed by atoms with Crippen molar-refractivity contribution in [3.63, 3.8) is 0 Å². The maximum absolute atomic E-state index is 13.6. The number of hydrogen-bond donors (Lipinski definition) is 2. The first-order valence-electron chi connectivity index (χ1n) is 7.64. The lowest BCUT2D eigenvalue weighted by molar-refractivity contribution is 0.214. The molecule has 2 N–H and O–H groups in total. The van der Waals surface area contributed by atoms with E-state index in [0.717, 1.165) is 12.5 Å². The van der Waals surface area contributed by atoms with Gasteiger partial charge in [-0.25, -0.2) is 9.38 Å². The van der Waals surface area contributed by atoms with E-state index in [2.05, 4.69) is 21.7 Å². The Morgan fingerprint density at radius 3 is 2.78 bits per heavy atom. The van der Waals surface area contributed by atoms with Crippen molar-refractivity contribution in [3.05, 3.63) is 52.5 Å². The smallest absolute Gasteiger partial charge is 0.191 e. The fourth-order valence-corrected chi connectivity index (χ4v) is 2.57. The minimum atomic E-state index is -0.349. The Labute approximate surface area is 140 Å². The summed E-state index contributed by atoms with van der Waals surface area (Å²) in [7, 11) is 0. The number of hydrogen-bond acceptors (Lipinski definition) is 3. The van der Waals surface area contributed by atoms with Crippen molar-refractivity contribution in [3.8, 4) is 5.75 Å². The number of rotatable bonds is 7. The molecular formula is C17H22FN3OS. The fraction of sp³-hybridized carbons (Fsp3) is 0.353. The summed E-state index contributed by atoms with van der Waals surface area (Å²) >= 11 is 1.68. The van der Waals surface area contributed by atoms with E-state index in [0.29, 0.717) is 13.1 Å². The molecule has 1 atom stereocenters. The summed E-state index contributed by atoms with van der Waals surface area (Å²) in [6.45, 7) is 5.85. The number of para-hydroxylation sites is 1. The van der Waals surface area contributed by atoms with Gasteiger partial charge in [-0.15, -0.1) is 11.3 Å². The summed E-state index contributed by atoms with van der Waals surface area (Å²) < 4.78 is 19.2. The first kappa shape index (κ1) is 17.3. The van der Waals surface area contributed by atoms with Crippen molar-refractivity contribution in [2.45, 2.75) is 26.5 Å². The Hall–Kier alpha value is -2.08. The summed E-state index contributed by atoms with van der Waals surface area (Å²) in [4.78, 5) is 5.73. The lowest BCUT2D eigenvalue weighted by Gasteiger charge is -2.18. The van der Waals surface area contributed by atoms with Crippen LogP contribution in [0.4, 0.5) is 4.39 Å². The first-order valence-corrected chi connectivity index (χ1v) is 8.52. The van der Waals surface area contributed by atoms with Gasteiger partial charge in [0.25, 0.3) is 0 Å². The van der Waals surface area contributed by atoms with Crippen LogP contribution < -0.4 is 15.4 Å². The molecule has 0 radical (unpaired) electrons. The van der Waals surface area contributed by atoms with Crippen LogP contribution in [-0.4, -0.2) is 25.2 Å². The Kier molecular flexibility index (Phi) is 6.87. The Balaban J connectivity index is 1.85. The van der Waals surface area contributed by atoms with Crippen molar-refractivity contribution >= 4 is 17.3 Å². The van der Waals surface area contributed by atoms with Crippen LogP contribution in [0.1, 0.15) is 18.7 Å². The molecule has 23 heavy (non-hydrogen) atoms. The standard InChI is InChI=1S/C17H22FN3OS/c1-3-19-17(21-12-14-7-6-10-23-14)20-11-13(2)22-16-9-5-4-8-15(16)18/h4-10,13H,3,11-12H2,1-2H3,(H2,19,20,21). The van der Waals surface area contributed by atoms with Gasteiger partial charge < -0.3 is 15.4 Å². The normalized spacial score (nSPS) is 12.7. The van der Waals surface area contributed by atoms with E-state index < -0.39 is 0 Å². The second kappa shape index (κ2) is 9.15. The molecule has 0 amide bonds. The third-order valence-electron chi connectivity index (χ3n) is 3.04. The van der Waals surface area contributed by atoms with Crippen LogP contribution in [0.15, 0.2) is 46.8 Å². The third-order valence-corrected chi connectivity index (χ3v) is 3.90. The molecule has 4 nitrogen and oxygen atoms in total. The number of thiophene rings is 1. The van der Waals surface area contributed by atoms with Crippen molar-refractivity contribution in [2.24, 2.45) is 4.99 Å². The van der Waals surface area contributed by atoms with Crippen LogP contribution in [-0.2, 0) is 6.54 Å². The molecule has 0 aliphatic heterocycles. The highest BCUT2D eigenvalue weighted by Gasteiger charge is 2.08. The first-order chi connectivity index (χ1) is 11.2. The molecule has 2 aromatic rings. The number of aliphatic imine (C=N–C) groups is 1. The zero-order chi connectivity index (χ0) is 16.5. The number of nitrogens with one attached hydrogen (secondary N) is 2. The summed E-state index contributed by atoms with van der Waals surface area (Å²) in [6.07, 6.45) is -0.183. The van der Waals surface area contributed by atoms with Crippen molar-refractivity contribution < 1.29 is 9.13 Å². The average Bonchev–Trinajstić information content (AvgIpc) is 3.06. The van der Waals surface area contributed by atoms with Crippen molar-refractivity contribution in [2.75, 3.05) is 13.1 Å². The highest BCUT2D eigenvalue weighted by Crippen LogP contribution is 2.16. The van der Waals surface area contributed by atoms with Gasteiger partial charge in [0, 0.05) is 11.4 Å². The van der Waals surface area contributed by atoms with Gasteiger partial charge in [0.05, 0.1) is 13.1 Å². The van der Waals surface area contributed by atoms with Crippen LogP contribution in [0.3, 0.4) is 0 Å². The van der Waals surface area contributed by atoms with E-state index in [9.17, 15) is 4.39 Å². The number of halogens is 1. The molecule has 1 heterocycles. The van der Waals surface area contributed by atoms with E-state index in [1.807, 2.05) is 25.3 Å². The quantitative estimate of drug-likeness (QED) is 0.602. The zero-order valence-electron chi connectivity index (χ0n) is 13.4. The van der Waals surface area contributed by atoms with Crippen LogP contribution in [0.25, 0.3) is 0 Å². The monoisotopic (exact) mass is 335 g/mol. The average molecular weight is 335 g/mol. The third kappa shape index (κ3) is 5.90. The summed E-state index contributed by atoms with van der Waals surface area (Å²) in [5, 5.41) is 8.45. The number of ether oxygens (including phenoxy) is 1. The Bertz CT molecular complexity index is 616. The van der Waals surface area contributed by atoms with E-state index in [-0.39, 0.29) is 17.7 Å². The van der Waals surface area contributed by atoms with Crippen LogP contribution in [0.5, 0.6) is 5.75 Å². The van der Waals surface area contributed by atoms with E-state index >= 15 is 0 Å². The molecule has 6 heteroatoms.